The van der Waals surface area contributed by atoms with Gasteiger partial charge in [-0.2, -0.15) is 0 Å². The van der Waals surface area contributed by atoms with Gasteiger partial charge in [0, 0.05) is 55.6 Å². The van der Waals surface area contributed by atoms with Crippen molar-refractivity contribution in [2.24, 2.45) is 5.92 Å². The second kappa shape index (κ2) is 8.41. The molecule has 35 heavy (non-hydrogen) atoms. The molecule has 2 aromatic heterocycles. The fraction of sp³-hybridized carbons (Fsp3) is 0.385. The third-order valence-electron chi connectivity index (χ3n) is 6.63. The zero-order valence-corrected chi connectivity index (χ0v) is 21.2. The zero-order valence-electron chi connectivity index (χ0n) is 20.4. The number of ether oxygens (including phenoxy) is 1. The number of benzene rings is 1. The number of rotatable bonds is 4. The Morgan fingerprint density at radius 1 is 1.14 bits per heavy atom. The molecule has 0 bridgehead atoms. The van der Waals surface area contributed by atoms with Gasteiger partial charge in [-0.3, -0.25) is 0 Å². The van der Waals surface area contributed by atoms with Crippen LogP contribution in [0.25, 0.3) is 11.0 Å². The van der Waals surface area contributed by atoms with Crippen LogP contribution >= 0.6 is 0 Å². The van der Waals surface area contributed by atoms with E-state index in [4.69, 9.17) is 4.74 Å². The molecular formula is C26H30N4O4S. The van der Waals surface area contributed by atoms with E-state index in [0.29, 0.717) is 24.7 Å². The Bertz CT molecular complexity index is 1410. The molecule has 1 aromatic carbocycles. The molecule has 2 unspecified atom stereocenters. The number of pyridine rings is 1. The van der Waals surface area contributed by atoms with Crippen LogP contribution in [0.15, 0.2) is 71.4 Å². The Morgan fingerprint density at radius 3 is 2.57 bits per heavy atom. The number of likely N-dealkylation sites (tertiary alicyclic amines) is 1. The Kier molecular flexibility index (Phi) is 5.62. The van der Waals surface area contributed by atoms with Crippen molar-refractivity contribution in [3.63, 3.8) is 0 Å². The van der Waals surface area contributed by atoms with Gasteiger partial charge in [0.05, 0.1) is 4.90 Å². The number of anilines is 1. The summed E-state index contributed by atoms with van der Waals surface area (Å²) in [6.45, 7) is 6.86. The van der Waals surface area contributed by atoms with Gasteiger partial charge < -0.3 is 14.5 Å². The summed E-state index contributed by atoms with van der Waals surface area (Å²) in [5.74, 6) is 0.301. The summed E-state index contributed by atoms with van der Waals surface area (Å²) in [6, 6.07) is 12.2. The van der Waals surface area contributed by atoms with E-state index >= 15 is 0 Å². The Hall–Kier alpha value is -3.33. The predicted octanol–water partition coefficient (Wildman–Crippen LogP) is 4.28. The lowest BCUT2D eigenvalue weighted by Gasteiger charge is -2.28. The van der Waals surface area contributed by atoms with Gasteiger partial charge >= 0.3 is 6.09 Å². The summed E-state index contributed by atoms with van der Waals surface area (Å²) < 4.78 is 33.2. The van der Waals surface area contributed by atoms with Gasteiger partial charge in [0.15, 0.2) is 5.65 Å². The van der Waals surface area contributed by atoms with Gasteiger partial charge in [0.1, 0.15) is 5.60 Å². The van der Waals surface area contributed by atoms with Crippen molar-refractivity contribution in [1.82, 2.24) is 13.9 Å². The van der Waals surface area contributed by atoms with E-state index in [1.807, 2.05) is 40.0 Å². The number of fused-ring (bicyclic) bond motifs is 2. The summed E-state index contributed by atoms with van der Waals surface area (Å²) >= 11 is 0. The summed E-state index contributed by atoms with van der Waals surface area (Å²) in [7, 11) is -1.73. The van der Waals surface area contributed by atoms with Crippen molar-refractivity contribution in [2.75, 3.05) is 25.0 Å². The van der Waals surface area contributed by atoms with E-state index in [9.17, 15) is 13.2 Å². The fourth-order valence-corrected chi connectivity index (χ4v) is 6.26. The van der Waals surface area contributed by atoms with E-state index in [2.05, 4.69) is 16.0 Å². The highest BCUT2D eigenvalue weighted by Crippen LogP contribution is 2.38. The van der Waals surface area contributed by atoms with Crippen molar-refractivity contribution in [3.05, 3.63) is 66.5 Å². The van der Waals surface area contributed by atoms with Crippen LogP contribution in [0, 0.1) is 5.92 Å². The van der Waals surface area contributed by atoms with Gasteiger partial charge in [-0.1, -0.05) is 24.3 Å². The molecule has 1 aliphatic heterocycles. The second-order valence-electron chi connectivity index (χ2n) is 10.2. The highest BCUT2D eigenvalue weighted by molar-refractivity contribution is 7.90. The SMILES string of the molecule is CN(c1ccnc2c1ccn2S(=O)(=O)c1ccccc1)C1C=C2CN(C(=O)OC(C)(C)C)CC2C1. The summed E-state index contributed by atoms with van der Waals surface area (Å²) in [5.41, 5.74) is 2.06. The van der Waals surface area contributed by atoms with E-state index < -0.39 is 15.6 Å². The van der Waals surface area contributed by atoms with Gasteiger partial charge in [0.2, 0.25) is 0 Å². The normalized spacial score (nSPS) is 20.1. The molecule has 1 aliphatic carbocycles. The first-order valence-corrected chi connectivity index (χ1v) is 13.2. The molecule has 1 amide bonds. The number of nitrogens with zero attached hydrogens (tertiary/aromatic N) is 4. The standard InChI is InChI=1S/C26H30N4O4S/c1-26(2,3)34-25(31)29-16-18-14-20(15-19(18)17-29)28(4)23-10-12-27-24-22(23)11-13-30(24)35(32,33)21-8-6-5-7-9-21/h5-14,19-20H,15-17H2,1-4H3. The van der Waals surface area contributed by atoms with Crippen molar-refractivity contribution in [1.29, 1.82) is 0 Å². The third kappa shape index (κ3) is 4.29. The molecule has 3 aromatic rings. The number of carbonyl (C=O) groups excluding carboxylic acids is 1. The van der Waals surface area contributed by atoms with Crippen LogP contribution in [0.3, 0.4) is 0 Å². The predicted molar refractivity (Wildman–Crippen MR) is 135 cm³/mol. The quantitative estimate of drug-likeness (QED) is 0.504. The lowest BCUT2D eigenvalue weighted by atomic mass is 10.0. The van der Waals surface area contributed by atoms with E-state index in [0.717, 1.165) is 17.5 Å². The fourth-order valence-electron chi connectivity index (χ4n) is 4.94. The smallest absolute Gasteiger partial charge is 0.410 e. The number of hydrogen-bond donors (Lipinski definition) is 0. The number of amides is 1. The molecule has 5 rings (SSSR count). The molecule has 0 N–H and O–H groups in total. The van der Waals surface area contributed by atoms with Crippen molar-refractivity contribution >= 4 is 32.8 Å². The Morgan fingerprint density at radius 2 is 1.89 bits per heavy atom. The minimum Gasteiger partial charge on any atom is -0.444 e. The lowest BCUT2D eigenvalue weighted by Crippen LogP contribution is -2.36. The number of likely N-dealkylation sites (N-methyl/N-ethyl adjacent to an activating group) is 1. The van der Waals surface area contributed by atoms with E-state index in [-0.39, 0.29) is 17.0 Å². The van der Waals surface area contributed by atoms with Crippen LogP contribution in [0.2, 0.25) is 0 Å². The summed E-state index contributed by atoms with van der Waals surface area (Å²) in [6.07, 6.45) is 6.07. The lowest BCUT2D eigenvalue weighted by molar-refractivity contribution is 0.0289. The number of aromatic nitrogens is 2. The third-order valence-corrected chi connectivity index (χ3v) is 8.31. The maximum Gasteiger partial charge on any atom is 0.410 e. The van der Waals surface area contributed by atoms with Crippen LogP contribution in [-0.2, 0) is 14.8 Å². The summed E-state index contributed by atoms with van der Waals surface area (Å²) in [4.78, 5) is 21.0. The second-order valence-corrected chi connectivity index (χ2v) is 12.0. The topological polar surface area (TPSA) is 84.7 Å². The zero-order chi connectivity index (χ0) is 25.0. The molecule has 9 heteroatoms. The van der Waals surface area contributed by atoms with Crippen molar-refractivity contribution in [2.45, 2.75) is 43.7 Å². The molecular weight excluding hydrogens is 464 g/mol. The first-order valence-electron chi connectivity index (χ1n) is 11.7. The molecule has 2 atom stereocenters. The number of hydrogen-bond acceptors (Lipinski definition) is 6. The van der Waals surface area contributed by atoms with Crippen LogP contribution in [-0.4, -0.2) is 60.1 Å². The van der Waals surface area contributed by atoms with Gasteiger partial charge in [0.25, 0.3) is 10.0 Å². The largest absolute Gasteiger partial charge is 0.444 e. The molecule has 2 aliphatic rings. The number of carbonyl (C=O) groups is 1. The van der Waals surface area contributed by atoms with Crippen LogP contribution in [0.1, 0.15) is 27.2 Å². The molecule has 8 nitrogen and oxygen atoms in total. The van der Waals surface area contributed by atoms with Crippen molar-refractivity contribution in [3.8, 4) is 0 Å². The highest BCUT2D eigenvalue weighted by Gasteiger charge is 2.39. The van der Waals surface area contributed by atoms with E-state index in [1.165, 1.54) is 9.55 Å². The first-order chi connectivity index (χ1) is 16.5. The average molecular weight is 495 g/mol. The van der Waals surface area contributed by atoms with Gasteiger partial charge in [-0.15, -0.1) is 0 Å². The molecule has 1 saturated heterocycles. The molecule has 184 valence electrons. The van der Waals surface area contributed by atoms with Gasteiger partial charge in [-0.05, 0) is 57.0 Å². The Labute approximate surface area is 205 Å². The van der Waals surface area contributed by atoms with Crippen LogP contribution in [0.5, 0.6) is 0 Å². The van der Waals surface area contributed by atoms with Crippen molar-refractivity contribution < 1.29 is 17.9 Å². The molecule has 1 fully saturated rings. The minimum atomic E-state index is -3.75. The average Bonchev–Trinajstić information content (AvgIpc) is 3.51. The molecule has 3 heterocycles. The van der Waals surface area contributed by atoms with Crippen LogP contribution in [0.4, 0.5) is 10.5 Å². The van der Waals surface area contributed by atoms with Crippen LogP contribution < -0.4 is 4.90 Å². The van der Waals surface area contributed by atoms with Gasteiger partial charge in [-0.25, -0.2) is 22.2 Å². The van der Waals surface area contributed by atoms with E-state index in [1.54, 1.807) is 47.6 Å². The first kappa shape index (κ1) is 23.4. The molecule has 0 saturated carbocycles. The highest BCUT2D eigenvalue weighted by atomic mass is 32.2. The molecule has 0 radical (unpaired) electrons. The summed E-state index contributed by atoms with van der Waals surface area (Å²) in [5, 5.41) is 0.778. The minimum absolute atomic E-state index is 0.149. The molecule has 0 spiro atoms. The Balaban J connectivity index is 1.39. The monoisotopic (exact) mass is 494 g/mol. The maximum atomic E-state index is 13.2. The maximum absolute atomic E-state index is 13.2.